The standard InChI is InChI=1S/C14H9BrCl3NO/c1-7-2-4-11(17)13(12(7)18)19-14(20)8-3-5-10(16)9(15)6-8/h2-6H,1H3,(H,19,20). The Hall–Kier alpha value is -0.740. The number of hydrogen-bond acceptors (Lipinski definition) is 1. The SMILES string of the molecule is Cc1ccc(Cl)c(NC(=O)c2ccc(Cl)c(Br)c2)c1Cl. The van der Waals surface area contributed by atoms with Crippen LogP contribution in [-0.4, -0.2) is 5.91 Å². The molecule has 0 aliphatic rings. The molecule has 6 heteroatoms. The normalized spacial score (nSPS) is 10.4. The second-order valence-electron chi connectivity index (χ2n) is 4.14. The third-order valence-corrected chi connectivity index (χ3v) is 4.72. The molecule has 0 heterocycles. The van der Waals surface area contributed by atoms with Crippen LogP contribution in [0.25, 0.3) is 0 Å². The van der Waals surface area contributed by atoms with Gasteiger partial charge in [0.1, 0.15) is 0 Å². The minimum Gasteiger partial charge on any atom is -0.319 e. The average Bonchev–Trinajstić information content (AvgIpc) is 2.42. The van der Waals surface area contributed by atoms with Crippen LogP contribution in [0.5, 0.6) is 0 Å². The van der Waals surface area contributed by atoms with E-state index in [1.54, 1.807) is 30.3 Å². The molecule has 1 N–H and O–H groups in total. The molecule has 0 saturated heterocycles. The highest BCUT2D eigenvalue weighted by molar-refractivity contribution is 9.10. The maximum atomic E-state index is 12.2. The summed E-state index contributed by atoms with van der Waals surface area (Å²) in [5.74, 6) is -0.309. The second kappa shape index (κ2) is 6.35. The van der Waals surface area contributed by atoms with Gasteiger partial charge in [0.2, 0.25) is 0 Å². The van der Waals surface area contributed by atoms with Gasteiger partial charge in [-0.05, 0) is 52.7 Å². The van der Waals surface area contributed by atoms with E-state index in [9.17, 15) is 4.79 Å². The highest BCUT2D eigenvalue weighted by atomic mass is 79.9. The molecule has 0 bridgehead atoms. The van der Waals surface area contributed by atoms with Gasteiger partial charge in [0, 0.05) is 10.0 Å². The van der Waals surface area contributed by atoms with Gasteiger partial charge in [-0.25, -0.2) is 0 Å². The van der Waals surface area contributed by atoms with Gasteiger partial charge >= 0.3 is 0 Å². The van der Waals surface area contributed by atoms with Gasteiger partial charge in [0.15, 0.2) is 0 Å². The highest BCUT2D eigenvalue weighted by Crippen LogP contribution is 2.33. The molecule has 20 heavy (non-hydrogen) atoms. The first-order valence-corrected chi connectivity index (χ1v) is 7.54. The molecule has 0 spiro atoms. The molecule has 0 atom stereocenters. The summed E-state index contributed by atoms with van der Waals surface area (Å²) in [6.45, 7) is 1.84. The molecule has 0 fully saturated rings. The first kappa shape index (κ1) is 15.6. The van der Waals surface area contributed by atoms with Crippen molar-refractivity contribution in [3.05, 3.63) is 61.0 Å². The number of aryl methyl sites for hydroxylation is 1. The van der Waals surface area contributed by atoms with Crippen LogP contribution >= 0.6 is 50.7 Å². The molecule has 0 aliphatic heterocycles. The molecule has 0 unspecified atom stereocenters. The lowest BCUT2D eigenvalue weighted by atomic mass is 10.2. The Balaban J connectivity index is 2.32. The van der Waals surface area contributed by atoms with Crippen molar-refractivity contribution in [2.24, 2.45) is 0 Å². The summed E-state index contributed by atoms with van der Waals surface area (Å²) in [6, 6.07) is 8.38. The van der Waals surface area contributed by atoms with Crippen LogP contribution in [-0.2, 0) is 0 Å². The lowest BCUT2D eigenvalue weighted by molar-refractivity contribution is 0.102. The smallest absolute Gasteiger partial charge is 0.255 e. The minimum absolute atomic E-state index is 0.309. The Bertz CT molecular complexity index is 688. The van der Waals surface area contributed by atoms with Crippen LogP contribution in [0.1, 0.15) is 15.9 Å². The van der Waals surface area contributed by atoms with E-state index in [-0.39, 0.29) is 5.91 Å². The van der Waals surface area contributed by atoms with Crippen molar-refractivity contribution in [2.45, 2.75) is 6.92 Å². The van der Waals surface area contributed by atoms with Gasteiger partial charge in [-0.15, -0.1) is 0 Å². The zero-order chi connectivity index (χ0) is 14.9. The largest absolute Gasteiger partial charge is 0.319 e. The lowest BCUT2D eigenvalue weighted by Crippen LogP contribution is -2.12. The van der Waals surface area contributed by atoms with Crippen LogP contribution in [0.15, 0.2) is 34.8 Å². The fourth-order valence-corrected chi connectivity index (χ4v) is 2.56. The van der Waals surface area contributed by atoms with Crippen molar-refractivity contribution >= 4 is 62.3 Å². The molecule has 1 amide bonds. The summed E-state index contributed by atoms with van der Waals surface area (Å²) < 4.78 is 0.647. The van der Waals surface area contributed by atoms with Crippen LogP contribution in [0.2, 0.25) is 15.1 Å². The Morgan fingerprint density at radius 3 is 2.40 bits per heavy atom. The minimum atomic E-state index is -0.309. The molecule has 2 nitrogen and oxygen atoms in total. The fraction of sp³-hybridized carbons (Fsp3) is 0.0714. The number of hydrogen-bond donors (Lipinski definition) is 1. The highest BCUT2D eigenvalue weighted by Gasteiger charge is 2.14. The van der Waals surface area contributed by atoms with Crippen LogP contribution in [0.3, 0.4) is 0 Å². The number of rotatable bonds is 2. The van der Waals surface area contributed by atoms with E-state index in [1.165, 1.54) is 0 Å². The van der Waals surface area contributed by atoms with Crippen molar-refractivity contribution in [3.63, 3.8) is 0 Å². The molecule has 2 aromatic rings. The summed E-state index contributed by atoms with van der Waals surface area (Å²) in [6.07, 6.45) is 0. The number of anilines is 1. The van der Waals surface area contributed by atoms with Crippen molar-refractivity contribution < 1.29 is 4.79 Å². The van der Waals surface area contributed by atoms with Crippen molar-refractivity contribution in [1.82, 2.24) is 0 Å². The summed E-state index contributed by atoms with van der Waals surface area (Å²) >= 11 is 21.4. The number of carbonyl (C=O) groups is 1. The van der Waals surface area contributed by atoms with Crippen molar-refractivity contribution in [1.29, 1.82) is 0 Å². The van der Waals surface area contributed by atoms with Gasteiger partial charge in [-0.2, -0.15) is 0 Å². The molecule has 104 valence electrons. The summed E-state index contributed by atoms with van der Waals surface area (Å²) in [5, 5.41) is 4.07. The topological polar surface area (TPSA) is 29.1 Å². The molecule has 2 rings (SSSR count). The Labute approximate surface area is 140 Å². The fourth-order valence-electron chi connectivity index (χ4n) is 1.59. The zero-order valence-corrected chi connectivity index (χ0v) is 14.2. The van der Waals surface area contributed by atoms with E-state index in [4.69, 9.17) is 34.8 Å². The van der Waals surface area contributed by atoms with Gasteiger partial charge in [-0.3, -0.25) is 4.79 Å². The molecule has 0 radical (unpaired) electrons. The maximum Gasteiger partial charge on any atom is 0.255 e. The predicted molar refractivity (Wildman–Crippen MR) is 88.3 cm³/mol. The van der Waals surface area contributed by atoms with Crippen LogP contribution in [0.4, 0.5) is 5.69 Å². The van der Waals surface area contributed by atoms with Gasteiger partial charge in [0.05, 0.1) is 20.8 Å². The first-order valence-electron chi connectivity index (χ1n) is 5.61. The van der Waals surface area contributed by atoms with E-state index in [0.717, 1.165) is 5.56 Å². The number of nitrogens with one attached hydrogen (secondary N) is 1. The van der Waals surface area contributed by atoms with E-state index in [2.05, 4.69) is 21.2 Å². The second-order valence-corrected chi connectivity index (χ2v) is 6.18. The van der Waals surface area contributed by atoms with Crippen LogP contribution in [0, 0.1) is 6.92 Å². The van der Waals surface area contributed by atoms with E-state index in [1.807, 2.05) is 6.92 Å². The van der Waals surface area contributed by atoms with Gasteiger partial charge in [-0.1, -0.05) is 40.9 Å². The van der Waals surface area contributed by atoms with Gasteiger partial charge in [0.25, 0.3) is 5.91 Å². The number of amides is 1. The molecule has 0 aromatic heterocycles. The van der Waals surface area contributed by atoms with E-state index >= 15 is 0 Å². The third kappa shape index (κ3) is 3.29. The quantitative estimate of drug-likeness (QED) is 0.669. The van der Waals surface area contributed by atoms with Crippen molar-refractivity contribution in [2.75, 3.05) is 5.32 Å². The molecular formula is C14H9BrCl3NO. The van der Waals surface area contributed by atoms with E-state index in [0.29, 0.717) is 30.8 Å². The summed E-state index contributed by atoms with van der Waals surface area (Å²) in [5.41, 5.74) is 1.70. The Morgan fingerprint density at radius 1 is 1.10 bits per heavy atom. The first-order chi connectivity index (χ1) is 9.40. The average molecular weight is 393 g/mol. The molecule has 0 saturated carbocycles. The lowest BCUT2D eigenvalue weighted by Gasteiger charge is -2.11. The Kier molecular flexibility index (Phi) is 4.97. The zero-order valence-electron chi connectivity index (χ0n) is 10.3. The van der Waals surface area contributed by atoms with Crippen LogP contribution < -0.4 is 5.32 Å². The maximum absolute atomic E-state index is 12.2. The van der Waals surface area contributed by atoms with E-state index < -0.39 is 0 Å². The third-order valence-electron chi connectivity index (χ3n) is 2.70. The van der Waals surface area contributed by atoms with Crippen molar-refractivity contribution in [3.8, 4) is 0 Å². The predicted octanol–water partition coefficient (Wildman–Crippen LogP) is 5.97. The number of benzene rings is 2. The Morgan fingerprint density at radius 2 is 1.75 bits per heavy atom. The summed E-state index contributed by atoms with van der Waals surface area (Å²) in [4.78, 5) is 12.2. The summed E-state index contributed by atoms with van der Waals surface area (Å²) in [7, 11) is 0. The monoisotopic (exact) mass is 391 g/mol. The molecular weight excluding hydrogens is 384 g/mol. The number of halogens is 4. The molecule has 2 aromatic carbocycles. The molecule has 0 aliphatic carbocycles. The number of carbonyl (C=O) groups excluding carboxylic acids is 1. The van der Waals surface area contributed by atoms with Gasteiger partial charge < -0.3 is 5.32 Å².